The van der Waals surface area contributed by atoms with Crippen molar-refractivity contribution in [3.05, 3.63) is 95.1 Å². The average Bonchev–Trinajstić information content (AvgIpc) is 2.86. The van der Waals surface area contributed by atoms with Crippen molar-refractivity contribution in [1.29, 1.82) is 0 Å². The van der Waals surface area contributed by atoms with Crippen LogP contribution in [0.25, 0.3) is 11.6 Å². The van der Waals surface area contributed by atoms with Gasteiger partial charge in [0.25, 0.3) is 0 Å². The maximum atomic E-state index is 9.93. The van der Waals surface area contributed by atoms with Crippen LogP contribution in [0.5, 0.6) is 17.2 Å². The summed E-state index contributed by atoms with van der Waals surface area (Å²) in [6.45, 7) is 10.9. The summed E-state index contributed by atoms with van der Waals surface area (Å²) in [4.78, 5) is 0. The van der Waals surface area contributed by atoms with Crippen LogP contribution in [0.2, 0.25) is 0 Å². The molecule has 0 spiro atoms. The van der Waals surface area contributed by atoms with Gasteiger partial charge in [0.05, 0.1) is 12.2 Å². The highest BCUT2D eigenvalue weighted by Crippen LogP contribution is 2.40. The van der Waals surface area contributed by atoms with E-state index in [4.69, 9.17) is 19.9 Å². The van der Waals surface area contributed by atoms with E-state index in [9.17, 15) is 5.11 Å². The van der Waals surface area contributed by atoms with Crippen LogP contribution in [-0.4, -0.2) is 17.3 Å². The summed E-state index contributed by atoms with van der Waals surface area (Å²) < 4.78 is 18.6. The lowest BCUT2D eigenvalue weighted by Crippen LogP contribution is -2.27. The number of aryl methyl sites for hydroxylation is 1. The predicted molar refractivity (Wildman–Crippen MR) is 146 cm³/mol. The second kappa shape index (κ2) is 10.9. The van der Waals surface area contributed by atoms with Crippen LogP contribution in [0.3, 0.4) is 0 Å². The second-order valence-corrected chi connectivity index (χ2v) is 9.62. The van der Waals surface area contributed by atoms with Gasteiger partial charge in [-0.05, 0) is 67.8 Å². The first-order valence-corrected chi connectivity index (χ1v) is 12.4. The molecule has 0 atom stereocenters. The molecule has 0 aliphatic carbocycles. The molecule has 0 amide bonds. The van der Waals surface area contributed by atoms with Crippen molar-refractivity contribution >= 4 is 17.3 Å². The molecule has 3 N–H and O–H groups in total. The van der Waals surface area contributed by atoms with Crippen LogP contribution in [-0.2, 0) is 19.6 Å². The average molecular weight is 486 g/mol. The molecule has 3 aromatic carbocycles. The van der Waals surface area contributed by atoms with Gasteiger partial charge in [-0.2, -0.15) is 0 Å². The number of nitrogen functional groups attached to an aromatic ring is 1. The van der Waals surface area contributed by atoms with Gasteiger partial charge in [-0.1, -0.05) is 50.3 Å². The van der Waals surface area contributed by atoms with Crippen molar-refractivity contribution in [1.82, 2.24) is 0 Å². The van der Waals surface area contributed by atoms with E-state index in [2.05, 4.69) is 25.6 Å². The molecule has 0 bridgehead atoms. The van der Waals surface area contributed by atoms with Crippen molar-refractivity contribution in [3.63, 3.8) is 0 Å². The van der Waals surface area contributed by atoms with Gasteiger partial charge in [-0.3, -0.25) is 0 Å². The number of benzene rings is 3. The van der Waals surface area contributed by atoms with Crippen LogP contribution in [0, 0.1) is 0 Å². The lowest BCUT2D eigenvalue weighted by molar-refractivity contribution is 0.157. The number of fused-ring (bicyclic) bond motifs is 1. The monoisotopic (exact) mass is 485 g/mol. The summed E-state index contributed by atoms with van der Waals surface area (Å²) in [5, 5.41) is 9.93. The summed E-state index contributed by atoms with van der Waals surface area (Å²) in [6, 6.07) is 17.6. The van der Waals surface area contributed by atoms with Crippen LogP contribution < -0.4 is 19.9 Å². The molecular weight excluding hydrogens is 450 g/mol. The van der Waals surface area contributed by atoms with Gasteiger partial charge < -0.3 is 25.1 Å². The zero-order chi connectivity index (χ0) is 25.7. The highest BCUT2D eigenvalue weighted by atomic mass is 16.5. The van der Waals surface area contributed by atoms with E-state index >= 15 is 0 Å². The fourth-order valence-corrected chi connectivity index (χ4v) is 4.25. The van der Waals surface area contributed by atoms with Gasteiger partial charge >= 0.3 is 0 Å². The minimum atomic E-state index is -0.400. The van der Waals surface area contributed by atoms with E-state index in [0.29, 0.717) is 23.6 Å². The molecule has 3 aromatic rings. The number of rotatable bonds is 10. The lowest BCUT2D eigenvalue weighted by Gasteiger charge is -2.29. The van der Waals surface area contributed by atoms with E-state index in [-0.39, 0.29) is 13.2 Å². The van der Waals surface area contributed by atoms with Crippen LogP contribution >= 0.6 is 0 Å². The first-order chi connectivity index (χ1) is 17.3. The standard InChI is InChI=1S/C31H35NO4/c1-5-8-22-11-13-25(29(17-22)34-20-24-9-6-7-10-27(24)32)21(2)19-35-30-23(18-33)12-14-28-26(30)15-16-31(3,4)36-28/h6-7,9-17,33H,2,5,8,18-20,32H2,1,3-4H3. The number of anilines is 1. The molecule has 5 heteroatoms. The number of aliphatic hydroxyl groups is 1. The highest BCUT2D eigenvalue weighted by molar-refractivity contribution is 5.72. The number of aliphatic hydroxyl groups excluding tert-OH is 1. The Balaban J connectivity index is 1.57. The van der Waals surface area contributed by atoms with Crippen LogP contribution in [0.4, 0.5) is 5.69 Å². The fourth-order valence-electron chi connectivity index (χ4n) is 4.25. The molecule has 0 fully saturated rings. The normalized spacial score (nSPS) is 13.6. The van der Waals surface area contributed by atoms with Crippen molar-refractivity contribution in [3.8, 4) is 17.2 Å². The first-order valence-electron chi connectivity index (χ1n) is 12.4. The third kappa shape index (κ3) is 5.74. The Bertz CT molecular complexity index is 1280. The minimum absolute atomic E-state index is 0.134. The molecular formula is C31H35NO4. The summed E-state index contributed by atoms with van der Waals surface area (Å²) in [5.41, 5.74) is 11.7. The first kappa shape index (κ1) is 25.4. The third-order valence-electron chi connectivity index (χ3n) is 6.23. The molecule has 188 valence electrons. The number of hydrogen-bond donors (Lipinski definition) is 2. The Kier molecular flexibility index (Phi) is 7.70. The van der Waals surface area contributed by atoms with E-state index in [1.54, 1.807) is 0 Å². The van der Waals surface area contributed by atoms with Gasteiger partial charge in [0.1, 0.15) is 36.1 Å². The predicted octanol–water partition coefficient (Wildman–Crippen LogP) is 6.57. The number of ether oxygens (including phenoxy) is 3. The molecule has 0 aromatic heterocycles. The molecule has 1 heterocycles. The van der Waals surface area contributed by atoms with Gasteiger partial charge in [0, 0.05) is 22.4 Å². The number of hydrogen-bond acceptors (Lipinski definition) is 5. The van der Waals surface area contributed by atoms with E-state index < -0.39 is 5.60 Å². The minimum Gasteiger partial charge on any atom is -0.488 e. The van der Waals surface area contributed by atoms with E-state index in [1.165, 1.54) is 5.56 Å². The van der Waals surface area contributed by atoms with Crippen molar-refractivity contribution in [2.24, 2.45) is 0 Å². The molecule has 4 rings (SSSR count). The third-order valence-corrected chi connectivity index (χ3v) is 6.23. The maximum absolute atomic E-state index is 9.93. The van der Waals surface area contributed by atoms with Crippen LogP contribution in [0.15, 0.2) is 67.3 Å². The zero-order valence-corrected chi connectivity index (χ0v) is 21.3. The highest BCUT2D eigenvalue weighted by Gasteiger charge is 2.25. The largest absolute Gasteiger partial charge is 0.488 e. The summed E-state index contributed by atoms with van der Waals surface area (Å²) >= 11 is 0. The Morgan fingerprint density at radius 2 is 1.86 bits per heavy atom. The second-order valence-electron chi connectivity index (χ2n) is 9.62. The Hall–Kier alpha value is -3.70. The van der Waals surface area contributed by atoms with Crippen molar-refractivity contribution in [2.45, 2.75) is 52.4 Å². The van der Waals surface area contributed by atoms with Crippen LogP contribution in [0.1, 0.15) is 55.0 Å². The summed E-state index contributed by atoms with van der Waals surface area (Å²) in [5.74, 6) is 2.08. The molecule has 0 saturated heterocycles. The quantitative estimate of drug-likeness (QED) is 0.318. The molecule has 5 nitrogen and oxygen atoms in total. The number of para-hydroxylation sites is 1. The molecule has 0 radical (unpaired) electrons. The summed E-state index contributed by atoms with van der Waals surface area (Å²) in [6.07, 6.45) is 6.00. The summed E-state index contributed by atoms with van der Waals surface area (Å²) in [7, 11) is 0. The van der Waals surface area contributed by atoms with Gasteiger partial charge in [-0.15, -0.1) is 0 Å². The maximum Gasteiger partial charge on any atom is 0.136 e. The SMILES string of the molecule is C=C(COc1c(CO)ccc2c1C=CC(C)(C)O2)c1ccc(CCC)cc1OCc1ccccc1N. The van der Waals surface area contributed by atoms with Crippen molar-refractivity contribution in [2.75, 3.05) is 12.3 Å². The Labute approximate surface area is 213 Å². The number of nitrogens with two attached hydrogens (primary N) is 1. The molecule has 36 heavy (non-hydrogen) atoms. The van der Waals surface area contributed by atoms with Gasteiger partial charge in [0.15, 0.2) is 0 Å². The van der Waals surface area contributed by atoms with Crippen molar-refractivity contribution < 1.29 is 19.3 Å². The van der Waals surface area contributed by atoms with E-state index in [1.807, 2.05) is 68.5 Å². The van der Waals surface area contributed by atoms with Gasteiger partial charge in [0.2, 0.25) is 0 Å². The zero-order valence-electron chi connectivity index (χ0n) is 21.3. The molecule has 1 aliphatic rings. The Morgan fingerprint density at radius 3 is 2.61 bits per heavy atom. The van der Waals surface area contributed by atoms with Gasteiger partial charge in [-0.25, -0.2) is 0 Å². The van der Waals surface area contributed by atoms with E-state index in [0.717, 1.165) is 46.6 Å². The molecule has 1 aliphatic heterocycles. The lowest BCUT2D eigenvalue weighted by atomic mass is 9.99. The molecule has 0 unspecified atom stereocenters. The Morgan fingerprint density at radius 1 is 1.06 bits per heavy atom. The smallest absolute Gasteiger partial charge is 0.136 e. The fraction of sp³-hybridized carbons (Fsp3) is 0.290. The topological polar surface area (TPSA) is 73.9 Å². The molecule has 0 saturated carbocycles.